The Morgan fingerprint density at radius 1 is 1.47 bits per heavy atom. The van der Waals surface area contributed by atoms with Crippen molar-refractivity contribution in [3.05, 3.63) is 24.0 Å². The van der Waals surface area contributed by atoms with Crippen LogP contribution < -0.4 is 0 Å². The third-order valence-corrected chi connectivity index (χ3v) is 3.00. The molecular weight excluding hydrogens is 242 g/mol. The number of aromatic nitrogens is 1. The van der Waals surface area contributed by atoms with Gasteiger partial charge in [-0.25, -0.2) is 0 Å². The lowest BCUT2D eigenvalue weighted by Gasteiger charge is -2.16. The van der Waals surface area contributed by atoms with Crippen LogP contribution in [0.15, 0.2) is 18.3 Å². The van der Waals surface area contributed by atoms with Gasteiger partial charge >= 0.3 is 0 Å². The number of aliphatic hydroxyl groups excluding tert-OH is 2. The molecule has 0 spiro atoms. The fourth-order valence-electron chi connectivity index (χ4n) is 1.25. The summed E-state index contributed by atoms with van der Waals surface area (Å²) in [7, 11) is 0. The lowest BCUT2D eigenvalue weighted by Crippen LogP contribution is -2.20. The van der Waals surface area contributed by atoms with Crippen LogP contribution in [0.1, 0.15) is 25.1 Å². The van der Waals surface area contributed by atoms with Gasteiger partial charge in [0.2, 0.25) is 0 Å². The number of pyridine rings is 1. The Bertz CT molecular complexity index is 368. The van der Waals surface area contributed by atoms with Crippen LogP contribution in [0.25, 0.3) is 0 Å². The van der Waals surface area contributed by atoms with E-state index in [9.17, 15) is 15.0 Å². The molecule has 0 aliphatic rings. The van der Waals surface area contributed by atoms with Crippen molar-refractivity contribution in [1.82, 2.24) is 4.98 Å². The van der Waals surface area contributed by atoms with Crippen molar-refractivity contribution in [1.29, 1.82) is 0 Å². The highest BCUT2D eigenvalue weighted by Crippen LogP contribution is 2.20. The van der Waals surface area contributed by atoms with Gasteiger partial charge in [-0.15, -0.1) is 0 Å². The number of aromatic hydroxyl groups is 1. The molecule has 0 bridgehead atoms. The van der Waals surface area contributed by atoms with E-state index in [0.29, 0.717) is 17.9 Å². The summed E-state index contributed by atoms with van der Waals surface area (Å²) in [5.41, 5.74) is 0.295. The molecule has 0 fully saturated rings. The number of rotatable bonds is 5. The first-order valence-electron chi connectivity index (χ1n) is 5.15. The number of thioether (sulfide) groups is 1. The topological polar surface area (TPSA) is 90.7 Å². The van der Waals surface area contributed by atoms with Crippen LogP contribution in [-0.2, 0) is 4.79 Å². The summed E-state index contributed by atoms with van der Waals surface area (Å²) in [6.07, 6.45) is -0.578. The van der Waals surface area contributed by atoms with Gasteiger partial charge in [-0.3, -0.25) is 9.78 Å². The Morgan fingerprint density at radius 3 is 2.71 bits per heavy atom. The van der Waals surface area contributed by atoms with Crippen LogP contribution in [0, 0.1) is 0 Å². The smallest absolute Gasteiger partial charge is 0.185 e. The molecule has 17 heavy (non-hydrogen) atoms. The average Bonchev–Trinajstić information content (AvgIpc) is 2.28. The van der Waals surface area contributed by atoms with Gasteiger partial charge in [0.05, 0.1) is 18.0 Å². The van der Waals surface area contributed by atoms with Crippen LogP contribution in [-0.4, -0.2) is 37.3 Å². The number of aliphatic hydroxyl groups is 2. The number of hydrogen-bond donors (Lipinski definition) is 3. The highest BCUT2D eigenvalue weighted by molar-refractivity contribution is 8.13. The number of carbonyl (C=O) groups is 1. The first kappa shape index (κ1) is 14.0. The van der Waals surface area contributed by atoms with E-state index in [1.54, 1.807) is 0 Å². The van der Waals surface area contributed by atoms with E-state index in [1.807, 2.05) is 0 Å². The number of carbonyl (C=O) groups excluding carboxylic acids is 1. The second-order valence-electron chi connectivity index (χ2n) is 3.58. The molecule has 1 rings (SSSR count). The lowest BCUT2D eigenvalue weighted by molar-refractivity contribution is -0.109. The zero-order valence-corrected chi connectivity index (χ0v) is 10.2. The van der Waals surface area contributed by atoms with Gasteiger partial charge in [-0.1, -0.05) is 11.8 Å². The first-order chi connectivity index (χ1) is 8.00. The van der Waals surface area contributed by atoms with Crippen molar-refractivity contribution in [2.24, 2.45) is 0 Å². The van der Waals surface area contributed by atoms with Gasteiger partial charge in [-0.2, -0.15) is 0 Å². The molecule has 0 aliphatic heterocycles. The van der Waals surface area contributed by atoms with Crippen molar-refractivity contribution in [3.8, 4) is 5.75 Å². The maximum Gasteiger partial charge on any atom is 0.185 e. The minimum atomic E-state index is -1.11. The normalized spacial score (nSPS) is 14.3. The number of nitrogens with zero attached hydrogens (tertiary/aromatic N) is 1. The van der Waals surface area contributed by atoms with Crippen molar-refractivity contribution < 1.29 is 20.1 Å². The summed E-state index contributed by atoms with van der Waals surface area (Å²) in [6, 6.07) is 2.84. The molecule has 0 aromatic carbocycles. The molecule has 1 aromatic heterocycles. The molecule has 94 valence electrons. The zero-order chi connectivity index (χ0) is 12.8. The molecule has 6 heteroatoms. The Morgan fingerprint density at radius 2 is 2.18 bits per heavy atom. The maximum atomic E-state index is 10.7. The predicted octanol–water partition coefficient (Wildman–Crippen LogP) is 0.851. The third-order valence-electron chi connectivity index (χ3n) is 2.16. The molecule has 1 heterocycles. The molecule has 1 aromatic rings. The summed E-state index contributed by atoms with van der Waals surface area (Å²) in [4.78, 5) is 14.5. The second kappa shape index (κ2) is 6.58. The van der Waals surface area contributed by atoms with E-state index in [2.05, 4.69) is 4.98 Å². The second-order valence-corrected chi connectivity index (χ2v) is 4.85. The van der Waals surface area contributed by atoms with Gasteiger partial charge in [0, 0.05) is 12.7 Å². The van der Waals surface area contributed by atoms with Crippen molar-refractivity contribution in [3.63, 3.8) is 0 Å². The fourth-order valence-corrected chi connectivity index (χ4v) is 1.90. The van der Waals surface area contributed by atoms with Crippen molar-refractivity contribution >= 4 is 16.9 Å². The molecule has 0 saturated carbocycles. The summed E-state index contributed by atoms with van der Waals surface area (Å²) in [5.74, 6) is 0.452. The Labute approximate surface area is 104 Å². The Balaban J connectivity index is 2.48. The van der Waals surface area contributed by atoms with Crippen LogP contribution in [0.2, 0.25) is 0 Å². The molecule has 3 N–H and O–H groups in total. The van der Waals surface area contributed by atoms with Crippen molar-refractivity contribution in [2.45, 2.75) is 25.6 Å². The van der Waals surface area contributed by atoms with E-state index in [-0.39, 0.29) is 10.9 Å². The van der Waals surface area contributed by atoms with Crippen LogP contribution in [0.3, 0.4) is 0 Å². The molecule has 0 saturated heterocycles. The monoisotopic (exact) mass is 257 g/mol. The molecule has 0 aliphatic carbocycles. The number of hydrogen-bond acceptors (Lipinski definition) is 6. The average molecular weight is 257 g/mol. The minimum absolute atomic E-state index is 0.00238. The molecule has 0 radical (unpaired) electrons. The largest absolute Gasteiger partial charge is 0.506 e. The van der Waals surface area contributed by atoms with Gasteiger partial charge in [0.1, 0.15) is 11.9 Å². The quantitative estimate of drug-likeness (QED) is 0.724. The Hall–Kier alpha value is -1.11. The van der Waals surface area contributed by atoms with E-state index >= 15 is 0 Å². The van der Waals surface area contributed by atoms with Gasteiger partial charge in [0.15, 0.2) is 5.12 Å². The maximum absolute atomic E-state index is 10.7. The molecule has 0 amide bonds. The minimum Gasteiger partial charge on any atom is -0.506 e. The summed E-state index contributed by atoms with van der Waals surface area (Å²) >= 11 is 1.10. The van der Waals surface area contributed by atoms with E-state index in [0.717, 1.165) is 11.8 Å². The Kier molecular flexibility index (Phi) is 5.40. The SMILES string of the molecule is CC(=O)SCCC(O)C(O)c1ccc(O)cn1. The zero-order valence-electron chi connectivity index (χ0n) is 9.41. The fraction of sp³-hybridized carbons (Fsp3) is 0.455. The van der Waals surface area contributed by atoms with Crippen molar-refractivity contribution in [2.75, 3.05) is 5.75 Å². The van der Waals surface area contributed by atoms with Gasteiger partial charge < -0.3 is 15.3 Å². The summed E-state index contributed by atoms with van der Waals surface area (Å²) < 4.78 is 0. The molecular formula is C11H15NO4S. The highest BCUT2D eigenvalue weighted by Gasteiger charge is 2.19. The first-order valence-corrected chi connectivity index (χ1v) is 6.13. The van der Waals surface area contributed by atoms with Crippen LogP contribution in [0.4, 0.5) is 0 Å². The van der Waals surface area contributed by atoms with E-state index in [4.69, 9.17) is 5.11 Å². The summed E-state index contributed by atoms with van der Waals surface area (Å²) in [5, 5.41) is 28.4. The summed E-state index contributed by atoms with van der Waals surface area (Å²) in [6.45, 7) is 1.45. The van der Waals surface area contributed by atoms with Gasteiger partial charge in [-0.05, 0) is 18.6 Å². The van der Waals surface area contributed by atoms with Gasteiger partial charge in [0.25, 0.3) is 0 Å². The lowest BCUT2D eigenvalue weighted by atomic mass is 10.1. The highest BCUT2D eigenvalue weighted by atomic mass is 32.2. The third kappa shape index (κ3) is 4.72. The standard InChI is InChI=1S/C11H15NO4S/c1-7(13)17-5-4-10(15)11(16)9-3-2-8(14)6-12-9/h2-3,6,10-11,14-16H,4-5H2,1H3. The molecule has 5 nitrogen and oxygen atoms in total. The molecule has 2 atom stereocenters. The van der Waals surface area contributed by atoms with E-state index < -0.39 is 12.2 Å². The van der Waals surface area contributed by atoms with E-state index in [1.165, 1.54) is 25.3 Å². The predicted molar refractivity (Wildman–Crippen MR) is 64.6 cm³/mol. The van der Waals surface area contributed by atoms with Crippen LogP contribution >= 0.6 is 11.8 Å². The molecule has 2 unspecified atom stereocenters. The van der Waals surface area contributed by atoms with Crippen LogP contribution in [0.5, 0.6) is 5.75 Å².